The lowest BCUT2D eigenvalue weighted by atomic mass is 10.2. The number of nitrogens with one attached hydrogen (secondary N) is 1. The van der Waals surface area contributed by atoms with E-state index in [1.165, 1.54) is 44.3 Å². The van der Waals surface area contributed by atoms with E-state index >= 15 is 0 Å². The molecule has 2 rings (SSSR count). The lowest BCUT2D eigenvalue weighted by Gasteiger charge is -2.04. The van der Waals surface area contributed by atoms with E-state index in [4.69, 9.17) is 0 Å². The highest BCUT2D eigenvalue weighted by atomic mass is 14.9. The average molecular weight is 192 g/mol. The van der Waals surface area contributed by atoms with Gasteiger partial charge in [-0.2, -0.15) is 0 Å². The zero-order chi connectivity index (χ0) is 9.80. The standard InChI is InChI=1S/C12H20N2/c1-14-10-4-6-12(14)5-2-3-9-13-11-7-8-11/h4,6,10-11,13H,2-3,5,7-9H2,1H3. The molecular formula is C12H20N2. The Hall–Kier alpha value is -0.760. The van der Waals surface area contributed by atoms with E-state index in [1.807, 2.05) is 0 Å². The highest BCUT2D eigenvalue weighted by Gasteiger charge is 2.19. The van der Waals surface area contributed by atoms with Gasteiger partial charge < -0.3 is 9.88 Å². The van der Waals surface area contributed by atoms with Gasteiger partial charge in [-0.3, -0.25) is 0 Å². The summed E-state index contributed by atoms with van der Waals surface area (Å²) in [5.74, 6) is 0. The quantitative estimate of drug-likeness (QED) is 0.683. The van der Waals surface area contributed by atoms with Gasteiger partial charge in [0, 0.05) is 25.0 Å². The summed E-state index contributed by atoms with van der Waals surface area (Å²) in [7, 11) is 2.12. The van der Waals surface area contributed by atoms with Crippen LogP contribution in [0.25, 0.3) is 0 Å². The van der Waals surface area contributed by atoms with Crippen molar-refractivity contribution in [3.05, 3.63) is 24.0 Å². The van der Waals surface area contributed by atoms with Crippen molar-refractivity contribution in [3.63, 3.8) is 0 Å². The summed E-state index contributed by atoms with van der Waals surface area (Å²) in [6, 6.07) is 5.21. The monoisotopic (exact) mass is 192 g/mol. The Morgan fingerprint density at radius 3 is 2.93 bits per heavy atom. The Bertz CT molecular complexity index is 274. The molecule has 1 heterocycles. The molecule has 0 atom stereocenters. The highest BCUT2D eigenvalue weighted by molar-refractivity contribution is 5.06. The zero-order valence-electron chi connectivity index (χ0n) is 9.00. The molecule has 1 aromatic heterocycles. The Morgan fingerprint density at radius 1 is 1.43 bits per heavy atom. The molecule has 0 amide bonds. The van der Waals surface area contributed by atoms with Crippen molar-refractivity contribution < 1.29 is 0 Å². The van der Waals surface area contributed by atoms with Crippen LogP contribution in [0.2, 0.25) is 0 Å². The van der Waals surface area contributed by atoms with Crippen molar-refractivity contribution in [3.8, 4) is 0 Å². The fourth-order valence-electron chi connectivity index (χ4n) is 1.78. The average Bonchev–Trinajstić information content (AvgIpc) is 2.91. The zero-order valence-corrected chi connectivity index (χ0v) is 9.00. The van der Waals surface area contributed by atoms with Crippen LogP contribution in [0.15, 0.2) is 18.3 Å². The van der Waals surface area contributed by atoms with Gasteiger partial charge in [0.15, 0.2) is 0 Å². The number of aryl methyl sites for hydroxylation is 2. The molecular weight excluding hydrogens is 172 g/mol. The van der Waals surface area contributed by atoms with E-state index in [-0.39, 0.29) is 0 Å². The normalized spacial score (nSPS) is 16.1. The molecule has 78 valence electrons. The molecule has 0 bridgehead atoms. The summed E-state index contributed by atoms with van der Waals surface area (Å²) >= 11 is 0. The summed E-state index contributed by atoms with van der Waals surface area (Å²) in [5, 5.41) is 3.54. The Labute approximate surface area is 86.3 Å². The first-order valence-electron chi connectivity index (χ1n) is 5.70. The van der Waals surface area contributed by atoms with Gasteiger partial charge in [0.1, 0.15) is 0 Å². The maximum absolute atomic E-state index is 3.54. The summed E-state index contributed by atoms with van der Waals surface area (Å²) in [4.78, 5) is 0. The van der Waals surface area contributed by atoms with Crippen LogP contribution in [0.3, 0.4) is 0 Å². The number of hydrogen-bond acceptors (Lipinski definition) is 1. The molecule has 0 radical (unpaired) electrons. The third-order valence-corrected chi connectivity index (χ3v) is 2.92. The number of rotatable bonds is 6. The van der Waals surface area contributed by atoms with Crippen molar-refractivity contribution in [1.29, 1.82) is 0 Å². The molecule has 1 aliphatic rings. The van der Waals surface area contributed by atoms with E-state index in [9.17, 15) is 0 Å². The van der Waals surface area contributed by atoms with Gasteiger partial charge in [-0.1, -0.05) is 0 Å². The third kappa shape index (κ3) is 2.88. The SMILES string of the molecule is Cn1cccc1CCCCNC1CC1. The van der Waals surface area contributed by atoms with Crippen molar-refractivity contribution in [1.82, 2.24) is 9.88 Å². The van der Waals surface area contributed by atoms with Crippen LogP contribution < -0.4 is 5.32 Å². The lowest BCUT2D eigenvalue weighted by Crippen LogP contribution is -2.17. The second kappa shape index (κ2) is 4.65. The number of nitrogens with zero attached hydrogens (tertiary/aromatic N) is 1. The van der Waals surface area contributed by atoms with Gasteiger partial charge in [-0.15, -0.1) is 0 Å². The fourth-order valence-corrected chi connectivity index (χ4v) is 1.78. The summed E-state index contributed by atoms with van der Waals surface area (Å²) in [5.41, 5.74) is 1.46. The van der Waals surface area contributed by atoms with Gasteiger partial charge in [0.05, 0.1) is 0 Å². The van der Waals surface area contributed by atoms with Crippen LogP contribution in [-0.2, 0) is 13.5 Å². The molecule has 1 saturated carbocycles. The van der Waals surface area contributed by atoms with Crippen LogP contribution in [-0.4, -0.2) is 17.2 Å². The van der Waals surface area contributed by atoms with Crippen molar-refractivity contribution >= 4 is 0 Å². The highest BCUT2D eigenvalue weighted by Crippen LogP contribution is 2.18. The van der Waals surface area contributed by atoms with Crippen molar-refractivity contribution in [2.24, 2.45) is 7.05 Å². The minimum Gasteiger partial charge on any atom is -0.354 e. The minimum atomic E-state index is 0.866. The van der Waals surface area contributed by atoms with E-state index < -0.39 is 0 Å². The molecule has 0 saturated heterocycles. The Morgan fingerprint density at radius 2 is 2.29 bits per heavy atom. The number of unbranched alkanes of at least 4 members (excludes halogenated alkanes) is 1. The molecule has 0 unspecified atom stereocenters. The molecule has 1 aliphatic carbocycles. The summed E-state index contributed by atoms with van der Waals surface area (Å²) in [6.07, 6.45) is 8.75. The van der Waals surface area contributed by atoms with E-state index in [0.29, 0.717) is 0 Å². The van der Waals surface area contributed by atoms with Gasteiger partial charge >= 0.3 is 0 Å². The maximum atomic E-state index is 3.54. The van der Waals surface area contributed by atoms with Crippen LogP contribution in [0.5, 0.6) is 0 Å². The first-order valence-corrected chi connectivity index (χ1v) is 5.70. The first-order chi connectivity index (χ1) is 6.86. The second-order valence-corrected chi connectivity index (χ2v) is 4.30. The summed E-state index contributed by atoms with van der Waals surface area (Å²) < 4.78 is 2.22. The molecule has 2 heteroatoms. The molecule has 0 aliphatic heterocycles. The van der Waals surface area contributed by atoms with E-state index in [2.05, 4.69) is 35.3 Å². The number of hydrogen-bond donors (Lipinski definition) is 1. The predicted octanol–water partition coefficient (Wildman–Crippen LogP) is 2.10. The lowest BCUT2D eigenvalue weighted by molar-refractivity contribution is 0.611. The molecule has 1 N–H and O–H groups in total. The van der Waals surface area contributed by atoms with Crippen molar-refractivity contribution in [2.45, 2.75) is 38.1 Å². The van der Waals surface area contributed by atoms with Crippen LogP contribution in [0.4, 0.5) is 0 Å². The molecule has 1 aromatic rings. The Balaban J connectivity index is 1.56. The predicted molar refractivity (Wildman–Crippen MR) is 59.4 cm³/mol. The molecule has 0 spiro atoms. The molecule has 2 nitrogen and oxygen atoms in total. The van der Waals surface area contributed by atoms with Crippen LogP contribution in [0, 0.1) is 0 Å². The van der Waals surface area contributed by atoms with E-state index in [0.717, 1.165) is 6.04 Å². The van der Waals surface area contributed by atoms with E-state index in [1.54, 1.807) is 0 Å². The van der Waals surface area contributed by atoms with Gasteiger partial charge in [-0.05, 0) is 50.8 Å². The molecule has 1 fully saturated rings. The third-order valence-electron chi connectivity index (χ3n) is 2.92. The largest absolute Gasteiger partial charge is 0.354 e. The van der Waals surface area contributed by atoms with Crippen LogP contribution >= 0.6 is 0 Å². The van der Waals surface area contributed by atoms with Crippen molar-refractivity contribution in [2.75, 3.05) is 6.54 Å². The van der Waals surface area contributed by atoms with Gasteiger partial charge in [-0.25, -0.2) is 0 Å². The maximum Gasteiger partial charge on any atom is 0.0171 e. The molecule has 14 heavy (non-hydrogen) atoms. The molecule has 0 aromatic carbocycles. The van der Waals surface area contributed by atoms with Gasteiger partial charge in [0.25, 0.3) is 0 Å². The van der Waals surface area contributed by atoms with Gasteiger partial charge in [0.2, 0.25) is 0 Å². The minimum absolute atomic E-state index is 0.866. The topological polar surface area (TPSA) is 17.0 Å². The Kier molecular flexibility index (Phi) is 3.25. The summed E-state index contributed by atoms with van der Waals surface area (Å²) in [6.45, 7) is 1.20. The fraction of sp³-hybridized carbons (Fsp3) is 0.667. The first kappa shape index (κ1) is 9.78. The second-order valence-electron chi connectivity index (χ2n) is 4.30. The number of aromatic nitrogens is 1. The smallest absolute Gasteiger partial charge is 0.0171 e. The van der Waals surface area contributed by atoms with Crippen LogP contribution in [0.1, 0.15) is 31.4 Å².